The minimum atomic E-state index is -3.46. The van der Waals surface area contributed by atoms with Crippen molar-refractivity contribution in [1.82, 2.24) is 14.9 Å². The average Bonchev–Trinajstić information content (AvgIpc) is 3.10. The van der Waals surface area contributed by atoms with Crippen molar-refractivity contribution in [2.45, 2.75) is 36.6 Å². The van der Waals surface area contributed by atoms with Gasteiger partial charge in [-0.2, -0.15) is 0 Å². The maximum Gasteiger partial charge on any atom is 0.226 e. The van der Waals surface area contributed by atoms with Crippen LogP contribution in [0.2, 0.25) is 0 Å². The molecule has 1 atom stereocenters. The number of nitrogens with zero attached hydrogens (tertiary/aromatic N) is 4. The van der Waals surface area contributed by atoms with Crippen LogP contribution in [-0.4, -0.2) is 61.1 Å². The summed E-state index contributed by atoms with van der Waals surface area (Å²) in [5, 5.41) is 0. The van der Waals surface area contributed by atoms with Gasteiger partial charge in [-0.05, 0) is 59.3 Å². The zero-order chi connectivity index (χ0) is 22.2. The highest BCUT2D eigenvalue weighted by atomic mass is 79.9. The molecule has 1 aromatic heterocycles. The topological polar surface area (TPSA) is 83.5 Å². The van der Waals surface area contributed by atoms with Crippen LogP contribution in [0.25, 0.3) is 0 Å². The Kier molecular flexibility index (Phi) is 6.30. The molecule has 0 unspecified atom stereocenters. The summed E-state index contributed by atoms with van der Waals surface area (Å²) in [5.74, 6) is 0.0563. The van der Waals surface area contributed by atoms with Crippen molar-refractivity contribution in [3.8, 4) is 0 Å². The Bertz CT molecular complexity index is 1070. The Labute approximate surface area is 189 Å². The number of piperidine rings is 1. The summed E-state index contributed by atoms with van der Waals surface area (Å²) in [7, 11) is -3.46. The van der Waals surface area contributed by atoms with E-state index in [9.17, 15) is 17.6 Å². The molecule has 2 aromatic rings. The van der Waals surface area contributed by atoms with E-state index < -0.39 is 15.7 Å². The van der Waals surface area contributed by atoms with Crippen molar-refractivity contribution in [1.29, 1.82) is 0 Å². The fourth-order valence-electron chi connectivity index (χ4n) is 4.38. The largest absolute Gasteiger partial charge is 0.355 e. The van der Waals surface area contributed by atoms with Crippen molar-refractivity contribution >= 4 is 37.5 Å². The highest BCUT2D eigenvalue weighted by Gasteiger charge is 2.37. The number of carbonyl (C=O) groups is 1. The fraction of sp³-hybridized carbons (Fsp3) is 0.476. The van der Waals surface area contributed by atoms with Gasteiger partial charge in [-0.25, -0.2) is 22.8 Å². The van der Waals surface area contributed by atoms with E-state index in [1.807, 2.05) is 4.90 Å². The summed E-state index contributed by atoms with van der Waals surface area (Å²) < 4.78 is 38.3. The molecule has 0 saturated carbocycles. The lowest BCUT2D eigenvalue weighted by molar-refractivity contribution is -0.133. The molecule has 0 radical (unpaired) electrons. The first-order valence-electron chi connectivity index (χ1n) is 10.2. The molecule has 2 aliphatic heterocycles. The maximum atomic E-state index is 14.4. The summed E-state index contributed by atoms with van der Waals surface area (Å²) in [6.07, 6.45) is 7.15. The molecule has 0 spiro atoms. The van der Waals surface area contributed by atoms with Crippen LogP contribution in [0.5, 0.6) is 0 Å². The fourth-order valence-corrected chi connectivity index (χ4v) is 5.22. The first-order valence-corrected chi connectivity index (χ1v) is 12.9. The SMILES string of the molecule is CS(=O)(=O)c1ccc(C[C@H]2CCN(C3CCN(c4cnc(Br)cn4)CC3)C2=O)c(F)c1. The molecule has 166 valence electrons. The molecule has 1 amide bonds. The summed E-state index contributed by atoms with van der Waals surface area (Å²) >= 11 is 3.29. The van der Waals surface area contributed by atoms with Gasteiger partial charge in [-0.3, -0.25) is 4.79 Å². The van der Waals surface area contributed by atoms with Gasteiger partial charge in [0.05, 0.1) is 17.3 Å². The van der Waals surface area contributed by atoms with E-state index in [-0.39, 0.29) is 22.8 Å². The molecule has 0 bridgehead atoms. The molecule has 1 aromatic carbocycles. The third kappa shape index (κ3) is 4.90. The van der Waals surface area contributed by atoms with E-state index >= 15 is 0 Å². The first-order chi connectivity index (χ1) is 14.7. The van der Waals surface area contributed by atoms with Crippen LogP contribution < -0.4 is 4.90 Å². The number of amides is 1. The van der Waals surface area contributed by atoms with E-state index in [0.717, 1.165) is 44.1 Å². The zero-order valence-corrected chi connectivity index (χ0v) is 19.6. The van der Waals surface area contributed by atoms with E-state index in [4.69, 9.17) is 0 Å². The summed E-state index contributed by atoms with van der Waals surface area (Å²) in [6, 6.07) is 4.11. The van der Waals surface area contributed by atoms with Crippen LogP contribution in [-0.2, 0) is 21.1 Å². The lowest BCUT2D eigenvalue weighted by Gasteiger charge is -2.37. The van der Waals surface area contributed by atoms with Gasteiger partial charge in [0.15, 0.2) is 9.84 Å². The number of hydrogen-bond donors (Lipinski definition) is 0. The molecule has 2 fully saturated rings. The first kappa shape index (κ1) is 22.1. The molecule has 2 saturated heterocycles. The second-order valence-corrected chi connectivity index (χ2v) is 11.0. The molecule has 10 heteroatoms. The van der Waals surface area contributed by atoms with Crippen molar-refractivity contribution in [2.24, 2.45) is 5.92 Å². The zero-order valence-electron chi connectivity index (χ0n) is 17.2. The Morgan fingerprint density at radius 2 is 1.87 bits per heavy atom. The van der Waals surface area contributed by atoms with Crippen LogP contribution in [0.3, 0.4) is 0 Å². The lowest BCUT2D eigenvalue weighted by Crippen LogP contribution is -2.46. The number of sulfone groups is 1. The average molecular weight is 511 g/mol. The van der Waals surface area contributed by atoms with E-state index in [0.29, 0.717) is 29.6 Å². The van der Waals surface area contributed by atoms with E-state index in [2.05, 4.69) is 30.8 Å². The molecule has 4 rings (SSSR count). The minimum absolute atomic E-state index is 0.0460. The Morgan fingerprint density at radius 3 is 2.48 bits per heavy atom. The number of aromatic nitrogens is 2. The molecule has 3 heterocycles. The van der Waals surface area contributed by atoms with Crippen molar-refractivity contribution < 1.29 is 17.6 Å². The van der Waals surface area contributed by atoms with E-state index in [1.54, 1.807) is 12.4 Å². The number of anilines is 1. The van der Waals surface area contributed by atoms with Crippen LogP contribution >= 0.6 is 15.9 Å². The standard InChI is InChI=1S/C21H24BrFN4O3S/c1-31(29,30)17-3-2-14(18(23)11-17)10-15-4-9-27(21(15)28)16-5-7-26(8-6-16)20-13-24-19(22)12-25-20/h2-3,11-13,15-16H,4-10H2,1H3/t15-/m1/s1. The Morgan fingerprint density at radius 1 is 1.13 bits per heavy atom. The monoisotopic (exact) mass is 510 g/mol. The van der Waals surface area contributed by atoms with Crippen molar-refractivity contribution in [2.75, 3.05) is 30.8 Å². The second kappa shape index (κ2) is 8.82. The van der Waals surface area contributed by atoms with E-state index in [1.165, 1.54) is 12.1 Å². The van der Waals surface area contributed by atoms with Gasteiger partial charge in [0, 0.05) is 37.8 Å². The molecule has 0 aliphatic carbocycles. The summed E-state index contributed by atoms with van der Waals surface area (Å²) in [5.41, 5.74) is 0.385. The van der Waals surface area contributed by atoms with Crippen molar-refractivity contribution in [3.05, 3.63) is 46.6 Å². The number of rotatable bonds is 5. The molecule has 7 nitrogen and oxygen atoms in total. The number of hydrogen-bond acceptors (Lipinski definition) is 6. The molecule has 31 heavy (non-hydrogen) atoms. The molecular formula is C21H24BrFN4O3S. The number of carbonyl (C=O) groups excluding carboxylic acids is 1. The van der Waals surface area contributed by atoms with Crippen LogP contribution in [0, 0.1) is 11.7 Å². The number of benzene rings is 1. The second-order valence-electron chi connectivity index (χ2n) is 8.16. The highest BCUT2D eigenvalue weighted by molar-refractivity contribution is 9.10. The van der Waals surface area contributed by atoms with Gasteiger partial charge in [0.2, 0.25) is 5.91 Å². The third-order valence-electron chi connectivity index (χ3n) is 6.11. The normalized spacial score (nSPS) is 20.5. The van der Waals surface area contributed by atoms with Crippen LogP contribution in [0.4, 0.5) is 10.2 Å². The van der Waals surface area contributed by atoms with Crippen molar-refractivity contribution in [3.63, 3.8) is 0 Å². The highest BCUT2D eigenvalue weighted by Crippen LogP contribution is 2.30. The van der Waals surface area contributed by atoms with Gasteiger partial charge in [-0.15, -0.1) is 0 Å². The molecule has 0 N–H and O–H groups in total. The minimum Gasteiger partial charge on any atom is -0.355 e. The van der Waals surface area contributed by atoms with Crippen LogP contribution in [0.1, 0.15) is 24.8 Å². The summed E-state index contributed by atoms with van der Waals surface area (Å²) in [6.45, 7) is 2.28. The van der Waals surface area contributed by atoms with Gasteiger partial charge in [0.25, 0.3) is 0 Å². The predicted octanol–water partition coefficient (Wildman–Crippen LogP) is 2.84. The van der Waals surface area contributed by atoms with Gasteiger partial charge in [0.1, 0.15) is 16.2 Å². The Hall–Kier alpha value is -2.07. The van der Waals surface area contributed by atoms with Gasteiger partial charge < -0.3 is 9.80 Å². The quantitative estimate of drug-likeness (QED) is 0.614. The maximum absolute atomic E-state index is 14.4. The number of halogens is 2. The summed E-state index contributed by atoms with van der Waals surface area (Å²) in [4.78, 5) is 25.7. The number of likely N-dealkylation sites (tertiary alicyclic amines) is 1. The third-order valence-corrected chi connectivity index (χ3v) is 7.63. The van der Waals surface area contributed by atoms with Gasteiger partial charge >= 0.3 is 0 Å². The Balaban J connectivity index is 1.36. The van der Waals surface area contributed by atoms with Gasteiger partial charge in [-0.1, -0.05) is 6.07 Å². The molecule has 2 aliphatic rings. The lowest BCUT2D eigenvalue weighted by atomic mass is 9.97. The smallest absolute Gasteiger partial charge is 0.226 e. The molecular weight excluding hydrogens is 487 g/mol. The van der Waals surface area contributed by atoms with Crippen LogP contribution in [0.15, 0.2) is 40.1 Å². The predicted molar refractivity (Wildman–Crippen MR) is 118 cm³/mol.